The molecule has 0 radical (unpaired) electrons. The summed E-state index contributed by atoms with van der Waals surface area (Å²) in [5.74, 6) is -0.395. The molecule has 1 saturated heterocycles. The van der Waals surface area contributed by atoms with Gasteiger partial charge in [0.25, 0.3) is 0 Å². The second kappa shape index (κ2) is 50.2. The molecule has 1 heterocycles. The number of carbonyl (C=O) groups is 1. The third kappa shape index (κ3) is 42.5. The third-order valence-electron chi connectivity index (χ3n) is 13.8. The summed E-state index contributed by atoms with van der Waals surface area (Å²) >= 11 is 0. The highest BCUT2D eigenvalue weighted by atomic mass is 32.3. The first-order valence-electron chi connectivity index (χ1n) is 29.7. The van der Waals surface area contributed by atoms with Crippen LogP contribution in [0.2, 0.25) is 0 Å². The summed E-state index contributed by atoms with van der Waals surface area (Å²) in [6.07, 6.45) is 53.2. The standard InChI is InChI=1S/C59H110O12S/c1-3-5-7-9-11-13-15-17-19-21-23-25-26-27-29-31-33-35-37-39-41-43-45-47-49-67-51-53(52-68-59-57(63)58(71-72(64,65)66)56(62)54(50-60)70-59)69-55(61)48-46-44-42-40-38-36-34-32-30-28-24-22-20-18-16-14-12-10-8-6-4-2/h15,17,21,23,26-27,53-54,56-60,62-63H,3-14,16,18-20,22,24-25,28-52H2,1-2H3,(H,64,65,66)/b17-15-,23-21-,27-26-. The van der Waals surface area contributed by atoms with Gasteiger partial charge in [-0.2, -0.15) is 8.42 Å². The van der Waals surface area contributed by atoms with Crippen LogP contribution < -0.4 is 0 Å². The number of hydrogen-bond donors (Lipinski definition) is 4. The minimum Gasteiger partial charge on any atom is -0.457 e. The number of esters is 1. The predicted molar refractivity (Wildman–Crippen MR) is 294 cm³/mol. The Kier molecular flexibility index (Phi) is 47.6. The number of rotatable bonds is 53. The minimum absolute atomic E-state index is 0.0354. The monoisotopic (exact) mass is 1040 g/mol. The summed E-state index contributed by atoms with van der Waals surface area (Å²) in [7, 11) is -5.07. The van der Waals surface area contributed by atoms with E-state index in [0.29, 0.717) is 13.0 Å². The van der Waals surface area contributed by atoms with Crippen molar-refractivity contribution in [3.63, 3.8) is 0 Å². The van der Waals surface area contributed by atoms with Gasteiger partial charge in [0.1, 0.15) is 30.5 Å². The molecule has 0 spiro atoms. The van der Waals surface area contributed by atoms with Gasteiger partial charge in [-0.15, -0.1) is 0 Å². The van der Waals surface area contributed by atoms with Crippen molar-refractivity contribution in [3.8, 4) is 0 Å². The molecule has 0 aliphatic carbocycles. The zero-order valence-electron chi connectivity index (χ0n) is 46.0. The van der Waals surface area contributed by atoms with E-state index >= 15 is 0 Å². The Hall–Kier alpha value is -1.68. The Morgan fingerprint density at radius 2 is 0.917 bits per heavy atom. The number of carbonyl (C=O) groups excluding carboxylic acids is 1. The molecule has 6 unspecified atom stereocenters. The van der Waals surface area contributed by atoms with Crippen molar-refractivity contribution in [2.24, 2.45) is 0 Å². The maximum atomic E-state index is 13.0. The fraction of sp³-hybridized carbons (Fsp3) is 0.881. The van der Waals surface area contributed by atoms with Gasteiger partial charge < -0.3 is 34.3 Å². The van der Waals surface area contributed by atoms with Gasteiger partial charge in [0.05, 0.1) is 19.8 Å². The minimum atomic E-state index is -5.07. The first kappa shape index (κ1) is 68.3. The molecule has 4 N–H and O–H groups in total. The molecule has 0 aromatic rings. The van der Waals surface area contributed by atoms with Gasteiger partial charge in [-0.05, 0) is 51.4 Å². The Bertz CT molecular complexity index is 1390. The van der Waals surface area contributed by atoms with Crippen LogP contribution in [0.4, 0.5) is 0 Å². The van der Waals surface area contributed by atoms with E-state index in [1.54, 1.807) is 0 Å². The quantitative estimate of drug-likeness (QED) is 0.0196. The molecule has 0 amide bonds. The van der Waals surface area contributed by atoms with Crippen LogP contribution in [0.25, 0.3) is 0 Å². The first-order chi connectivity index (χ1) is 35.1. The lowest BCUT2D eigenvalue weighted by molar-refractivity contribution is -0.301. The van der Waals surface area contributed by atoms with Crippen molar-refractivity contribution in [2.75, 3.05) is 26.4 Å². The van der Waals surface area contributed by atoms with Crippen molar-refractivity contribution < 1.29 is 56.2 Å². The Morgan fingerprint density at radius 3 is 1.33 bits per heavy atom. The second-order valence-electron chi connectivity index (χ2n) is 20.6. The molecule has 0 saturated carbocycles. The summed E-state index contributed by atoms with van der Waals surface area (Å²) in [6, 6.07) is 0. The van der Waals surface area contributed by atoms with Crippen LogP contribution in [-0.2, 0) is 38.3 Å². The number of ether oxygens (including phenoxy) is 4. The summed E-state index contributed by atoms with van der Waals surface area (Å²) in [5.41, 5.74) is 0. The number of hydrogen-bond acceptors (Lipinski definition) is 11. The molecule has 1 fully saturated rings. The molecule has 0 aromatic heterocycles. The van der Waals surface area contributed by atoms with Crippen LogP contribution in [0.3, 0.4) is 0 Å². The second-order valence-corrected chi connectivity index (χ2v) is 21.6. The third-order valence-corrected chi connectivity index (χ3v) is 14.2. The van der Waals surface area contributed by atoms with Gasteiger partial charge >= 0.3 is 16.4 Å². The van der Waals surface area contributed by atoms with Crippen molar-refractivity contribution in [1.29, 1.82) is 0 Å². The predicted octanol–water partition coefficient (Wildman–Crippen LogP) is 14.9. The number of aliphatic hydroxyl groups excluding tert-OH is 3. The lowest BCUT2D eigenvalue weighted by atomic mass is 9.99. The SMILES string of the molecule is CCCCCCC/C=C\C/C=C\C/C=C\CCCCCCCCCCCOCC(COC1OC(CO)C(O)C(OS(=O)(=O)O)C1O)OC(=O)CCCCCCCCCCCCCCCCCCCCCCC. The van der Waals surface area contributed by atoms with E-state index in [1.165, 1.54) is 186 Å². The molecule has 0 aromatic carbocycles. The largest absolute Gasteiger partial charge is 0.457 e. The van der Waals surface area contributed by atoms with Crippen molar-refractivity contribution in [3.05, 3.63) is 36.5 Å². The van der Waals surface area contributed by atoms with E-state index in [1.807, 2.05) is 0 Å². The van der Waals surface area contributed by atoms with Crippen molar-refractivity contribution >= 4 is 16.4 Å². The first-order valence-corrected chi connectivity index (χ1v) is 31.1. The summed E-state index contributed by atoms with van der Waals surface area (Å²) in [6.45, 7) is 4.02. The maximum Gasteiger partial charge on any atom is 0.397 e. The van der Waals surface area contributed by atoms with E-state index in [-0.39, 0.29) is 19.6 Å². The van der Waals surface area contributed by atoms with E-state index in [0.717, 1.165) is 57.8 Å². The summed E-state index contributed by atoms with van der Waals surface area (Å²) in [4.78, 5) is 13.0. The lowest BCUT2D eigenvalue weighted by Gasteiger charge is -2.41. The highest BCUT2D eigenvalue weighted by Gasteiger charge is 2.48. The average Bonchev–Trinajstić information content (AvgIpc) is 3.36. The summed E-state index contributed by atoms with van der Waals surface area (Å²) < 4.78 is 59.5. The molecule has 0 bridgehead atoms. The molecular formula is C59H110O12S. The Labute approximate surface area is 441 Å². The number of unbranched alkanes of at least 4 members (excludes halogenated alkanes) is 34. The molecule has 1 rings (SSSR count). The molecule has 12 nitrogen and oxygen atoms in total. The van der Waals surface area contributed by atoms with Gasteiger partial charge in [0.2, 0.25) is 0 Å². The van der Waals surface area contributed by atoms with Gasteiger partial charge in [-0.1, -0.05) is 249 Å². The van der Waals surface area contributed by atoms with Crippen LogP contribution in [0.15, 0.2) is 36.5 Å². The van der Waals surface area contributed by atoms with Crippen LogP contribution in [0.1, 0.15) is 271 Å². The van der Waals surface area contributed by atoms with Crippen LogP contribution in [0, 0.1) is 0 Å². The van der Waals surface area contributed by atoms with Crippen LogP contribution >= 0.6 is 0 Å². The van der Waals surface area contributed by atoms with Crippen LogP contribution in [-0.4, -0.2) is 97.5 Å². The topological polar surface area (TPSA) is 178 Å². The maximum absolute atomic E-state index is 13.0. The smallest absolute Gasteiger partial charge is 0.397 e. The van der Waals surface area contributed by atoms with Crippen molar-refractivity contribution in [2.45, 2.75) is 307 Å². The fourth-order valence-corrected chi connectivity index (χ4v) is 9.78. The van der Waals surface area contributed by atoms with Crippen LogP contribution in [0.5, 0.6) is 0 Å². The summed E-state index contributed by atoms with van der Waals surface area (Å²) in [5, 5.41) is 30.9. The molecule has 1 aliphatic rings. The van der Waals surface area contributed by atoms with E-state index < -0.39 is 59.8 Å². The van der Waals surface area contributed by atoms with Gasteiger partial charge in [0.15, 0.2) is 6.29 Å². The number of aliphatic hydroxyl groups is 3. The van der Waals surface area contributed by atoms with E-state index in [4.69, 9.17) is 18.9 Å². The fourth-order valence-electron chi connectivity index (χ4n) is 9.27. The van der Waals surface area contributed by atoms with E-state index in [9.17, 15) is 33.1 Å². The highest BCUT2D eigenvalue weighted by molar-refractivity contribution is 7.80. The normalized spacial score (nSPS) is 19.1. The molecule has 424 valence electrons. The zero-order valence-corrected chi connectivity index (χ0v) is 46.8. The Morgan fingerprint density at radius 1 is 0.528 bits per heavy atom. The van der Waals surface area contributed by atoms with Gasteiger partial charge in [-0.3, -0.25) is 9.35 Å². The highest BCUT2D eigenvalue weighted by Crippen LogP contribution is 2.26. The van der Waals surface area contributed by atoms with Crippen molar-refractivity contribution in [1.82, 2.24) is 0 Å². The Balaban J connectivity index is 2.29. The number of allylic oxidation sites excluding steroid dienone is 6. The average molecular weight is 1040 g/mol. The zero-order chi connectivity index (χ0) is 52.4. The van der Waals surface area contributed by atoms with Gasteiger partial charge in [0, 0.05) is 13.0 Å². The molecule has 1 aliphatic heterocycles. The lowest BCUT2D eigenvalue weighted by Crippen LogP contribution is -2.60. The molecule has 6 atom stereocenters. The van der Waals surface area contributed by atoms with E-state index in [2.05, 4.69) is 54.5 Å². The van der Waals surface area contributed by atoms with Gasteiger partial charge in [-0.25, -0.2) is 4.18 Å². The molecule has 13 heteroatoms. The molecular weight excluding hydrogens is 933 g/mol. The molecule has 72 heavy (non-hydrogen) atoms.